The predicted octanol–water partition coefficient (Wildman–Crippen LogP) is 2.70. The number of methoxy groups -OCH3 is 1. The average molecular weight is 211 g/mol. The van der Waals surface area contributed by atoms with Gasteiger partial charge in [-0.15, -0.1) is 11.8 Å². The predicted molar refractivity (Wildman–Crippen MR) is 62.8 cm³/mol. The number of rotatable bonds is 4. The molecule has 0 heterocycles. The Morgan fingerprint density at radius 2 is 2.21 bits per heavy atom. The summed E-state index contributed by atoms with van der Waals surface area (Å²) in [6, 6.07) is 6.00. The van der Waals surface area contributed by atoms with E-state index in [4.69, 9.17) is 10.5 Å². The van der Waals surface area contributed by atoms with E-state index in [1.165, 1.54) is 10.5 Å². The van der Waals surface area contributed by atoms with E-state index >= 15 is 0 Å². The minimum absolute atomic E-state index is 0.279. The highest BCUT2D eigenvalue weighted by molar-refractivity contribution is 7.99. The number of nitrogens with two attached hydrogens (primary N) is 1. The molecular weight excluding hydrogens is 194 g/mol. The third kappa shape index (κ3) is 3.24. The van der Waals surface area contributed by atoms with Crippen LogP contribution in [0.1, 0.15) is 12.5 Å². The molecule has 0 aromatic heterocycles. The number of hydrogen-bond donors (Lipinski definition) is 1. The van der Waals surface area contributed by atoms with Gasteiger partial charge in [0.25, 0.3) is 0 Å². The first-order valence-electron chi connectivity index (χ1n) is 4.65. The van der Waals surface area contributed by atoms with Gasteiger partial charge in [-0.05, 0) is 31.5 Å². The van der Waals surface area contributed by atoms with Crippen LogP contribution in [0.2, 0.25) is 0 Å². The van der Waals surface area contributed by atoms with Gasteiger partial charge in [0.15, 0.2) is 0 Å². The van der Waals surface area contributed by atoms with Crippen LogP contribution >= 0.6 is 11.8 Å². The molecule has 3 heteroatoms. The molecule has 2 N–H and O–H groups in total. The summed E-state index contributed by atoms with van der Waals surface area (Å²) in [4.78, 5) is 1.24. The minimum Gasteiger partial charge on any atom is -0.399 e. The van der Waals surface area contributed by atoms with Gasteiger partial charge in [-0.3, -0.25) is 0 Å². The second-order valence-electron chi connectivity index (χ2n) is 3.38. The number of benzene rings is 1. The molecule has 0 fully saturated rings. The third-order valence-corrected chi connectivity index (χ3v) is 3.48. The summed E-state index contributed by atoms with van der Waals surface area (Å²) in [7, 11) is 1.73. The Balaban J connectivity index is 2.62. The van der Waals surface area contributed by atoms with Crippen LogP contribution < -0.4 is 5.73 Å². The normalized spacial score (nSPS) is 12.8. The van der Waals surface area contributed by atoms with Crippen molar-refractivity contribution < 1.29 is 4.74 Å². The van der Waals surface area contributed by atoms with Crippen LogP contribution in [-0.4, -0.2) is 19.0 Å². The van der Waals surface area contributed by atoms with E-state index in [1.54, 1.807) is 18.9 Å². The molecule has 78 valence electrons. The Kier molecular flexibility index (Phi) is 4.29. The molecule has 0 spiro atoms. The van der Waals surface area contributed by atoms with E-state index in [-0.39, 0.29) is 6.10 Å². The van der Waals surface area contributed by atoms with Gasteiger partial charge in [-0.1, -0.05) is 6.07 Å². The van der Waals surface area contributed by atoms with Crippen molar-refractivity contribution in [2.24, 2.45) is 0 Å². The zero-order chi connectivity index (χ0) is 10.6. The maximum atomic E-state index is 5.72. The van der Waals surface area contributed by atoms with E-state index in [1.807, 2.05) is 12.1 Å². The van der Waals surface area contributed by atoms with Crippen molar-refractivity contribution in [3.63, 3.8) is 0 Å². The molecule has 1 aromatic rings. The van der Waals surface area contributed by atoms with Crippen molar-refractivity contribution in [3.8, 4) is 0 Å². The van der Waals surface area contributed by atoms with Crippen molar-refractivity contribution in [1.82, 2.24) is 0 Å². The van der Waals surface area contributed by atoms with Crippen LogP contribution in [0.15, 0.2) is 23.1 Å². The second kappa shape index (κ2) is 5.27. The van der Waals surface area contributed by atoms with Crippen LogP contribution in [0.5, 0.6) is 0 Å². The van der Waals surface area contributed by atoms with Gasteiger partial charge < -0.3 is 10.5 Å². The minimum atomic E-state index is 0.279. The third-order valence-electron chi connectivity index (χ3n) is 2.09. The van der Waals surface area contributed by atoms with Gasteiger partial charge >= 0.3 is 0 Å². The molecule has 1 unspecified atom stereocenters. The van der Waals surface area contributed by atoms with Crippen molar-refractivity contribution in [1.29, 1.82) is 0 Å². The number of anilines is 1. The van der Waals surface area contributed by atoms with Crippen molar-refractivity contribution in [2.45, 2.75) is 24.8 Å². The summed E-state index contributed by atoms with van der Waals surface area (Å²) in [5.41, 5.74) is 7.82. The highest BCUT2D eigenvalue weighted by atomic mass is 32.2. The second-order valence-corrected chi connectivity index (χ2v) is 4.44. The molecule has 0 aliphatic rings. The topological polar surface area (TPSA) is 35.2 Å². The molecule has 1 atom stereocenters. The number of thioether (sulfide) groups is 1. The first-order chi connectivity index (χ1) is 6.63. The van der Waals surface area contributed by atoms with Crippen LogP contribution in [0, 0.1) is 6.92 Å². The Bertz CT molecular complexity index is 301. The molecule has 1 rings (SSSR count). The van der Waals surface area contributed by atoms with Crippen LogP contribution in [-0.2, 0) is 4.74 Å². The Morgan fingerprint density at radius 3 is 2.86 bits per heavy atom. The zero-order valence-electron chi connectivity index (χ0n) is 8.91. The van der Waals surface area contributed by atoms with Crippen LogP contribution in [0.4, 0.5) is 5.69 Å². The van der Waals surface area contributed by atoms with Crippen LogP contribution in [0.3, 0.4) is 0 Å². The van der Waals surface area contributed by atoms with E-state index in [0.717, 1.165) is 11.4 Å². The molecule has 2 nitrogen and oxygen atoms in total. The number of aryl methyl sites for hydroxylation is 1. The van der Waals surface area contributed by atoms with E-state index in [0.29, 0.717) is 0 Å². The Morgan fingerprint density at radius 1 is 1.50 bits per heavy atom. The van der Waals surface area contributed by atoms with Gasteiger partial charge in [0.1, 0.15) is 0 Å². The average Bonchev–Trinajstić information content (AvgIpc) is 2.19. The lowest BCUT2D eigenvalue weighted by molar-refractivity contribution is 0.138. The largest absolute Gasteiger partial charge is 0.399 e. The maximum Gasteiger partial charge on any atom is 0.0637 e. The smallest absolute Gasteiger partial charge is 0.0637 e. The molecule has 1 aromatic carbocycles. The summed E-state index contributed by atoms with van der Waals surface area (Å²) in [5.74, 6) is 0.959. The van der Waals surface area contributed by atoms with Gasteiger partial charge in [0.05, 0.1) is 6.10 Å². The van der Waals surface area contributed by atoms with Crippen LogP contribution in [0.25, 0.3) is 0 Å². The van der Waals surface area contributed by atoms with Gasteiger partial charge in [-0.2, -0.15) is 0 Å². The first-order valence-corrected chi connectivity index (χ1v) is 5.63. The summed E-state index contributed by atoms with van der Waals surface area (Å²) in [6.45, 7) is 4.16. The Labute approximate surface area is 89.8 Å². The summed E-state index contributed by atoms with van der Waals surface area (Å²) >= 11 is 1.79. The van der Waals surface area contributed by atoms with Crippen molar-refractivity contribution >= 4 is 17.4 Å². The highest BCUT2D eigenvalue weighted by Crippen LogP contribution is 2.25. The van der Waals surface area contributed by atoms with Gasteiger partial charge in [0, 0.05) is 23.4 Å². The number of nitrogen functional groups attached to an aromatic ring is 1. The molecule has 14 heavy (non-hydrogen) atoms. The van der Waals surface area contributed by atoms with E-state index in [2.05, 4.69) is 19.9 Å². The van der Waals surface area contributed by atoms with Gasteiger partial charge in [0.2, 0.25) is 0 Å². The number of hydrogen-bond acceptors (Lipinski definition) is 3. The Hall–Kier alpha value is -0.670. The lowest BCUT2D eigenvalue weighted by Crippen LogP contribution is -2.07. The maximum absolute atomic E-state index is 5.72. The zero-order valence-corrected chi connectivity index (χ0v) is 9.73. The fourth-order valence-corrected chi connectivity index (χ4v) is 2.11. The molecule has 0 radical (unpaired) electrons. The fourth-order valence-electron chi connectivity index (χ4n) is 1.05. The molecule has 0 bridgehead atoms. The highest BCUT2D eigenvalue weighted by Gasteiger charge is 2.03. The lowest BCUT2D eigenvalue weighted by atomic mass is 10.2. The van der Waals surface area contributed by atoms with Crippen molar-refractivity contribution in [2.75, 3.05) is 18.6 Å². The molecule has 0 aliphatic carbocycles. The molecule has 0 saturated carbocycles. The monoisotopic (exact) mass is 211 g/mol. The van der Waals surface area contributed by atoms with Gasteiger partial charge in [-0.25, -0.2) is 0 Å². The number of ether oxygens (including phenoxy) is 1. The first kappa shape index (κ1) is 11.4. The lowest BCUT2D eigenvalue weighted by Gasteiger charge is -2.10. The molecule has 0 amide bonds. The quantitative estimate of drug-likeness (QED) is 0.614. The summed E-state index contributed by atoms with van der Waals surface area (Å²) < 4.78 is 5.19. The fraction of sp³-hybridized carbons (Fsp3) is 0.455. The summed E-state index contributed by atoms with van der Waals surface area (Å²) in [5, 5.41) is 0. The molecule has 0 saturated heterocycles. The SMILES string of the molecule is COC(C)CSc1cc(N)ccc1C. The van der Waals surface area contributed by atoms with E-state index in [9.17, 15) is 0 Å². The summed E-state index contributed by atoms with van der Waals surface area (Å²) in [6.07, 6.45) is 0.279. The molecule has 0 aliphatic heterocycles. The van der Waals surface area contributed by atoms with E-state index < -0.39 is 0 Å². The standard InChI is InChI=1S/C11H17NOS/c1-8-4-5-10(12)6-11(8)14-7-9(2)13-3/h4-6,9H,7,12H2,1-3H3. The van der Waals surface area contributed by atoms with Crippen molar-refractivity contribution in [3.05, 3.63) is 23.8 Å². The molecular formula is C11H17NOS.